The number of hydrogen-bond donors (Lipinski definition) is 2. The minimum absolute atomic E-state index is 0.279. The molecule has 0 spiro atoms. The Bertz CT molecular complexity index is 1010. The second kappa shape index (κ2) is 9.96. The van der Waals surface area contributed by atoms with Crippen LogP contribution in [0.2, 0.25) is 0 Å². The molecule has 0 saturated heterocycles. The maximum atomic E-state index is 5.49. The van der Waals surface area contributed by atoms with Crippen LogP contribution in [0.25, 0.3) is 5.69 Å². The van der Waals surface area contributed by atoms with E-state index in [1.807, 2.05) is 41.9 Å². The Hall–Kier alpha value is -3.28. The number of hydrogen-bond acceptors (Lipinski definition) is 3. The number of aromatic nitrogens is 2. The summed E-state index contributed by atoms with van der Waals surface area (Å²) in [5, 5.41) is 11.5. The lowest BCUT2D eigenvalue weighted by atomic mass is 10.0. The van der Waals surface area contributed by atoms with Crippen LogP contribution >= 0.6 is 0 Å². The average Bonchev–Trinajstić information content (AvgIpc) is 3.11. The largest absolute Gasteiger partial charge is 0.496 e. The van der Waals surface area contributed by atoms with Gasteiger partial charge in [-0.15, -0.1) is 0 Å². The van der Waals surface area contributed by atoms with Gasteiger partial charge in [-0.25, -0.2) is 4.68 Å². The molecule has 1 unspecified atom stereocenters. The third-order valence-electron chi connectivity index (χ3n) is 5.14. The third-order valence-corrected chi connectivity index (χ3v) is 5.14. The molecule has 2 aromatic carbocycles. The van der Waals surface area contributed by atoms with Crippen LogP contribution in [0.1, 0.15) is 35.4 Å². The number of para-hydroxylation sites is 2. The SMILES string of the molecule is CN=C(NCc1ccccc1-n1nc(C)cc1C)NCC(C)c1ccccc1OC. The smallest absolute Gasteiger partial charge is 0.191 e. The van der Waals surface area contributed by atoms with Crippen LogP contribution in [-0.2, 0) is 6.54 Å². The van der Waals surface area contributed by atoms with Gasteiger partial charge in [-0.3, -0.25) is 4.99 Å². The molecule has 1 heterocycles. The highest BCUT2D eigenvalue weighted by molar-refractivity contribution is 5.79. The molecule has 0 aliphatic rings. The summed E-state index contributed by atoms with van der Waals surface area (Å²) < 4.78 is 7.48. The predicted octanol–water partition coefficient (Wildman–Crippen LogP) is 3.97. The zero-order chi connectivity index (χ0) is 21.5. The highest BCUT2D eigenvalue weighted by Gasteiger charge is 2.12. The summed E-state index contributed by atoms with van der Waals surface area (Å²) in [6.45, 7) is 7.66. The highest BCUT2D eigenvalue weighted by atomic mass is 16.5. The first-order chi connectivity index (χ1) is 14.5. The average molecular weight is 406 g/mol. The van der Waals surface area contributed by atoms with Gasteiger partial charge < -0.3 is 15.4 Å². The van der Waals surface area contributed by atoms with Crippen molar-refractivity contribution in [1.82, 2.24) is 20.4 Å². The molecular formula is C24H31N5O. The Balaban J connectivity index is 1.65. The second-order valence-corrected chi connectivity index (χ2v) is 7.42. The van der Waals surface area contributed by atoms with Crippen molar-refractivity contribution in [2.75, 3.05) is 20.7 Å². The van der Waals surface area contributed by atoms with Gasteiger partial charge >= 0.3 is 0 Å². The fourth-order valence-electron chi connectivity index (χ4n) is 3.57. The lowest BCUT2D eigenvalue weighted by Gasteiger charge is -2.19. The number of aryl methyl sites for hydroxylation is 2. The van der Waals surface area contributed by atoms with E-state index in [-0.39, 0.29) is 5.92 Å². The standard InChI is InChI=1S/C24H31N5O/c1-17(21-11-7-9-13-23(21)30-5)15-26-24(25-4)27-16-20-10-6-8-12-22(20)29-19(3)14-18(2)28-29/h6-14,17H,15-16H2,1-5H3,(H2,25,26,27). The van der Waals surface area contributed by atoms with Crippen molar-refractivity contribution in [2.45, 2.75) is 33.2 Å². The lowest BCUT2D eigenvalue weighted by molar-refractivity contribution is 0.406. The summed E-state index contributed by atoms with van der Waals surface area (Å²) in [6, 6.07) is 18.5. The van der Waals surface area contributed by atoms with E-state index in [0.717, 1.165) is 40.9 Å². The summed E-state index contributed by atoms with van der Waals surface area (Å²) in [6.07, 6.45) is 0. The Morgan fingerprint density at radius 3 is 2.53 bits per heavy atom. The molecule has 158 valence electrons. The van der Waals surface area contributed by atoms with Gasteiger partial charge in [0.1, 0.15) is 5.75 Å². The van der Waals surface area contributed by atoms with Crippen molar-refractivity contribution >= 4 is 5.96 Å². The predicted molar refractivity (Wildman–Crippen MR) is 123 cm³/mol. The summed E-state index contributed by atoms with van der Waals surface area (Å²) >= 11 is 0. The van der Waals surface area contributed by atoms with E-state index in [1.165, 1.54) is 5.56 Å². The van der Waals surface area contributed by atoms with Crippen LogP contribution in [0, 0.1) is 13.8 Å². The van der Waals surface area contributed by atoms with E-state index < -0.39 is 0 Å². The Kier molecular flexibility index (Phi) is 7.12. The van der Waals surface area contributed by atoms with Gasteiger partial charge in [-0.05, 0) is 43.2 Å². The zero-order valence-corrected chi connectivity index (χ0v) is 18.4. The van der Waals surface area contributed by atoms with Crippen molar-refractivity contribution in [1.29, 1.82) is 0 Å². The zero-order valence-electron chi connectivity index (χ0n) is 18.4. The molecule has 2 N–H and O–H groups in total. The molecule has 0 saturated carbocycles. The molecule has 1 aromatic heterocycles. The van der Waals surface area contributed by atoms with Crippen molar-refractivity contribution in [3.05, 3.63) is 77.1 Å². The molecule has 3 aromatic rings. The van der Waals surface area contributed by atoms with E-state index in [2.05, 4.69) is 58.8 Å². The number of guanidine groups is 1. The Morgan fingerprint density at radius 1 is 1.10 bits per heavy atom. The number of aliphatic imine (C=N–C) groups is 1. The van der Waals surface area contributed by atoms with Gasteiger partial charge in [0.25, 0.3) is 0 Å². The number of benzene rings is 2. The molecule has 0 amide bonds. The topological polar surface area (TPSA) is 63.5 Å². The first-order valence-electron chi connectivity index (χ1n) is 10.2. The number of nitrogens with zero attached hydrogens (tertiary/aromatic N) is 3. The molecule has 0 aliphatic heterocycles. The van der Waals surface area contributed by atoms with Gasteiger partial charge in [0.15, 0.2) is 5.96 Å². The van der Waals surface area contributed by atoms with Crippen molar-refractivity contribution in [2.24, 2.45) is 4.99 Å². The van der Waals surface area contributed by atoms with Crippen LogP contribution in [0.15, 0.2) is 59.6 Å². The Labute approximate surface area is 179 Å². The van der Waals surface area contributed by atoms with Crippen molar-refractivity contribution in [3.8, 4) is 11.4 Å². The first-order valence-corrected chi connectivity index (χ1v) is 10.2. The molecule has 0 aliphatic carbocycles. The second-order valence-electron chi connectivity index (χ2n) is 7.42. The normalized spacial score (nSPS) is 12.5. The number of rotatable bonds is 7. The maximum absolute atomic E-state index is 5.49. The van der Waals surface area contributed by atoms with E-state index in [9.17, 15) is 0 Å². The molecule has 1 atom stereocenters. The van der Waals surface area contributed by atoms with E-state index in [1.54, 1.807) is 14.2 Å². The van der Waals surface area contributed by atoms with Gasteiger partial charge in [-0.2, -0.15) is 5.10 Å². The lowest BCUT2D eigenvalue weighted by Crippen LogP contribution is -2.38. The van der Waals surface area contributed by atoms with E-state index >= 15 is 0 Å². The fraction of sp³-hybridized carbons (Fsp3) is 0.333. The minimum Gasteiger partial charge on any atom is -0.496 e. The van der Waals surface area contributed by atoms with Crippen molar-refractivity contribution in [3.63, 3.8) is 0 Å². The number of ether oxygens (including phenoxy) is 1. The molecule has 3 rings (SSSR count). The maximum Gasteiger partial charge on any atom is 0.191 e. The van der Waals surface area contributed by atoms with Crippen LogP contribution in [0.5, 0.6) is 5.75 Å². The molecule has 6 heteroatoms. The van der Waals surface area contributed by atoms with Crippen molar-refractivity contribution < 1.29 is 4.74 Å². The fourth-order valence-corrected chi connectivity index (χ4v) is 3.57. The van der Waals surface area contributed by atoms with Gasteiger partial charge in [-0.1, -0.05) is 43.3 Å². The van der Waals surface area contributed by atoms with Crippen LogP contribution in [0.4, 0.5) is 0 Å². The van der Waals surface area contributed by atoms with E-state index in [4.69, 9.17) is 4.74 Å². The van der Waals surface area contributed by atoms with Gasteiger partial charge in [0.2, 0.25) is 0 Å². The summed E-state index contributed by atoms with van der Waals surface area (Å²) in [7, 11) is 3.50. The summed E-state index contributed by atoms with van der Waals surface area (Å²) in [5.74, 6) is 1.95. The van der Waals surface area contributed by atoms with Crippen LogP contribution in [-0.4, -0.2) is 36.4 Å². The monoisotopic (exact) mass is 405 g/mol. The third kappa shape index (κ3) is 5.00. The van der Waals surface area contributed by atoms with Crippen LogP contribution < -0.4 is 15.4 Å². The quantitative estimate of drug-likeness (QED) is 0.461. The number of methoxy groups -OCH3 is 1. The van der Waals surface area contributed by atoms with Crippen LogP contribution in [0.3, 0.4) is 0 Å². The molecular weight excluding hydrogens is 374 g/mol. The Morgan fingerprint density at radius 2 is 1.83 bits per heavy atom. The molecule has 6 nitrogen and oxygen atoms in total. The molecule has 0 bridgehead atoms. The van der Waals surface area contributed by atoms with Gasteiger partial charge in [0.05, 0.1) is 18.5 Å². The van der Waals surface area contributed by atoms with E-state index in [0.29, 0.717) is 6.54 Å². The summed E-state index contributed by atoms with van der Waals surface area (Å²) in [4.78, 5) is 4.38. The number of nitrogens with one attached hydrogen (secondary N) is 2. The summed E-state index contributed by atoms with van der Waals surface area (Å²) in [5.41, 5.74) is 5.54. The molecule has 0 radical (unpaired) electrons. The minimum atomic E-state index is 0.279. The highest BCUT2D eigenvalue weighted by Crippen LogP contribution is 2.25. The first kappa shape index (κ1) is 21.4. The van der Waals surface area contributed by atoms with Gasteiger partial charge in [0, 0.05) is 31.7 Å². The molecule has 0 fully saturated rings. The molecule has 30 heavy (non-hydrogen) atoms.